The van der Waals surface area contributed by atoms with Gasteiger partial charge in [-0.3, -0.25) is 9.63 Å². The second-order valence-corrected chi connectivity index (χ2v) is 4.00. The molecule has 0 spiro atoms. The summed E-state index contributed by atoms with van der Waals surface area (Å²) in [7, 11) is 0. The monoisotopic (exact) mass is 287 g/mol. The van der Waals surface area contributed by atoms with E-state index in [-0.39, 0.29) is 10.6 Å². The molecule has 1 aromatic carbocycles. The van der Waals surface area contributed by atoms with Gasteiger partial charge in [0.15, 0.2) is 18.1 Å². The van der Waals surface area contributed by atoms with E-state index in [2.05, 4.69) is 4.84 Å². The average molecular weight is 288 g/mol. The maximum atomic E-state index is 11.7. The molecule has 0 bridgehead atoms. The number of hydrogen-bond acceptors (Lipinski definition) is 5. The van der Waals surface area contributed by atoms with Crippen LogP contribution in [0.2, 0.25) is 5.02 Å². The molecule has 19 heavy (non-hydrogen) atoms. The van der Waals surface area contributed by atoms with E-state index in [9.17, 15) is 9.59 Å². The highest BCUT2D eigenvalue weighted by Crippen LogP contribution is 2.38. The Kier molecular flexibility index (Phi) is 4.08. The maximum absolute atomic E-state index is 11.7. The number of hydroxylamine groups is 1. The van der Waals surface area contributed by atoms with Crippen LogP contribution in [-0.4, -0.2) is 36.8 Å². The number of carboxylic acids is 1. The standard InChI is InChI=1S/C11H10ClNO6/c12-7-3-6(11(16)13-19-5-9(14)15)4-8-10(7)18-2-1-17-8/h3-4H,1-2,5H2,(H,13,16)(H,14,15). The first-order valence-electron chi connectivity index (χ1n) is 5.31. The van der Waals surface area contributed by atoms with Crippen molar-refractivity contribution < 1.29 is 29.0 Å². The van der Waals surface area contributed by atoms with Crippen LogP contribution >= 0.6 is 11.6 Å². The molecule has 2 rings (SSSR count). The predicted molar refractivity (Wildman–Crippen MR) is 63.5 cm³/mol. The molecule has 2 N–H and O–H groups in total. The van der Waals surface area contributed by atoms with E-state index >= 15 is 0 Å². The van der Waals surface area contributed by atoms with E-state index < -0.39 is 18.5 Å². The third-order valence-electron chi connectivity index (χ3n) is 2.22. The molecule has 1 amide bonds. The molecule has 0 atom stereocenters. The zero-order chi connectivity index (χ0) is 13.8. The summed E-state index contributed by atoms with van der Waals surface area (Å²) in [5.41, 5.74) is 2.17. The molecule has 1 heterocycles. The molecule has 1 aliphatic heterocycles. The van der Waals surface area contributed by atoms with Gasteiger partial charge in [-0.1, -0.05) is 11.6 Å². The van der Waals surface area contributed by atoms with Crippen LogP contribution in [0.25, 0.3) is 0 Å². The second kappa shape index (κ2) is 5.77. The summed E-state index contributed by atoms with van der Waals surface area (Å²) in [5, 5.41) is 8.60. The number of benzene rings is 1. The Morgan fingerprint density at radius 3 is 2.84 bits per heavy atom. The molecule has 1 aliphatic rings. The van der Waals surface area contributed by atoms with Crippen molar-refractivity contribution in [1.29, 1.82) is 0 Å². The van der Waals surface area contributed by atoms with Gasteiger partial charge in [0.2, 0.25) is 0 Å². The van der Waals surface area contributed by atoms with Crippen LogP contribution in [0.1, 0.15) is 10.4 Å². The van der Waals surface area contributed by atoms with E-state index in [1.807, 2.05) is 5.48 Å². The zero-order valence-electron chi connectivity index (χ0n) is 9.64. The van der Waals surface area contributed by atoms with Gasteiger partial charge in [-0.2, -0.15) is 0 Å². The predicted octanol–water partition coefficient (Wildman–Crippen LogP) is 0.857. The van der Waals surface area contributed by atoms with Crippen molar-refractivity contribution in [3.63, 3.8) is 0 Å². The highest BCUT2D eigenvalue weighted by molar-refractivity contribution is 6.32. The van der Waals surface area contributed by atoms with Gasteiger partial charge in [-0.25, -0.2) is 10.3 Å². The summed E-state index contributed by atoms with van der Waals surface area (Å²) < 4.78 is 10.6. The van der Waals surface area contributed by atoms with Crippen molar-refractivity contribution in [2.24, 2.45) is 0 Å². The van der Waals surface area contributed by atoms with Crippen LogP contribution in [0.15, 0.2) is 12.1 Å². The fraction of sp³-hybridized carbons (Fsp3) is 0.273. The Balaban J connectivity index is 2.10. The smallest absolute Gasteiger partial charge is 0.332 e. The molecule has 7 nitrogen and oxygen atoms in total. The first-order valence-corrected chi connectivity index (χ1v) is 5.69. The number of rotatable bonds is 4. The lowest BCUT2D eigenvalue weighted by molar-refractivity contribution is -0.144. The summed E-state index contributed by atoms with van der Waals surface area (Å²) in [4.78, 5) is 26.4. The Labute approximate surface area is 113 Å². The highest BCUT2D eigenvalue weighted by Gasteiger charge is 2.19. The third-order valence-corrected chi connectivity index (χ3v) is 2.50. The summed E-state index contributed by atoms with van der Waals surface area (Å²) in [6.45, 7) is 0.119. The fourth-order valence-corrected chi connectivity index (χ4v) is 1.73. The summed E-state index contributed by atoms with van der Waals surface area (Å²) in [6.07, 6.45) is 0. The topological polar surface area (TPSA) is 94.1 Å². The maximum Gasteiger partial charge on any atom is 0.332 e. The molecular weight excluding hydrogens is 278 g/mol. The molecule has 0 radical (unpaired) electrons. The summed E-state index contributed by atoms with van der Waals surface area (Å²) in [6, 6.07) is 2.83. The van der Waals surface area contributed by atoms with Gasteiger partial charge in [-0.15, -0.1) is 0 Å². The number of carbonyl (C=O) groups is 2. The van der Waals surface area contributed by atoms with Crippen LogP contribution in [0.4, 0.5) is 0 Å². The minimum absolute atomic E-state index is 0.180. The average Bonchev–Trinajstić information content (AvgIpc) is 2.38. The van der Waals surface area contributed by atoms with Gasteiger partial charge in [0.1, 0.15) is 13.2 Å². The number of hydrogen-bond donors (Lipinski definition) is 2. The molecule has 1 aromatic rings. The molecule has 0 saturated heterocycles. The summed E-state index contributed by atoms with van der Waals surface area (Å²) in [5.74, 6) is -1.07. The number of fused-ring (bicyclic) bond motifs is 1. The van der Waals surface area contributed by atoms with Gasteiger partial charge in [0, 0.05) is 5.56 Å². The van der Waals surface area contributed by atoms with Gasteiger partial charge < -0.3 is 14.6 Å². The van der Waals surface area contributed by atoms with Crippen LogP contribution in [0.3, 0.4) is 0 Å². The Bertz CT molecular complexity index is 518. The van der Waals surface area contributed by atoms with Gasteiger partial charge in [0.05, 0.1) is 5.02 Å². The first kappa shape index (κ1) is 13.4. The Hall–Kier alpha value is -1.99. The van der Waals surface area contributed by atoms with Crippen molar-refractivity contribution >= 4 is 23.5 Å². The van der Waals surface area contributed by atoms with Crippen LogP contribution in [0, 0.1) is 0 Å². The molecule has 8 heteroatoms. The minimum atomic E-state index is -1.19. The lowest BCUT2D eigenvalue weighted by Crippen LogP contribution is -2.27. The van der Waals surface area contributed by atoms with Crippen molar-refractivity contribution in [2.75, 3.05) is 19.8 Å². The molecule has 0 fully saturated rings. The largest absolute Gasteiger partial charge is 0.486 e. The van der Waals surface area contributed by atoms with E-state index in [4.69, 9.17) is 26.2 Å². The van der Waals surface area contributed by atoms with Gasteiger partial charge >= 0.3 is 5.97 Å². The number of halogens is 1. The zero-order valence-corrected chi connectivity index (χ0v) is 10.4. The number of ether oxygens (including phenoxy) is 2. The van der Waals surface area contributed by atoms with Crippen LogP contribution < -0.4 is 15.0 Å². The number of carboxylic acid groups (broad SMARTS) is 1. The minimum Gasteiger partial charge on any atom is -0.486 e. The Morgan fingerprint density at radius 2 is 2.11 bits per heavy atom. The van der Waals surface area contributed by atoms with E-state index in [0.29, 0.717) is 24.7 Å². The van der Waals surface area contributed by atoms with E-state index in [1.165, 1.54) is 12.1 Å². The summed E-state index contributed by atoms with van der Waals surface area (Å²) >= 11 is 5.96. The van der Waals surface area contributed by atoms with Crippen molar-refractivity contribution in [1.82, 2.24) is 5.48 Å². The molecule has 0 saturated carbocycles. The molecule has 0 aliphatic carbocycles. The molecule has 102 valence electrons. The first-order chi connectivity index (χ1) is 9.08. The third kappa shape index (κ3) is 3.27. The van der Waals surface area contributed by atoms with Gasteiger partial charge in [-0.05, 0) is 12.1 Å². The Morgan fingerprint density at radius 1 is 1.37 bits per heavy atom. The van der Waals surface area contributed by atoms with Crippen LogP contribution in [-0.2, 0) is 9.63 Å². The molecule has 0 unspecified atom stereocenters. The van der Waals surface area contributed by atoms with E-state index in [0.717, 1.165) is 0 Å². The van der Waals surface area contributed by atoms with Crippen molar-refractivity contribution in [3.8, 4) is 11.5 Å². The SMILES string of the molecule is O=C(O)CONC(=O)c1cc(Cl)c2c(c1)OCCO2. The molecule has 0 aromatic heterocycles. The lowest BCUT2D eigenvalue weighted by atomic mass is 10.2. The number of amides is 1. The number of carbonyl (C=O) groups excluding carboxylic acids is 1. The highest BCUT2D eigenvalue weighted by atomic mass is 35.5. The number of nitrogens with one attached hydrogen (secondary N) is 1. The normalized spacial score (nSPS) is 12.9. The van der Waals surface area contributed by atoms with Crippen LogP contribution in [0.5, 0.6) is 11.5 Å². The van der Waals surface area contributed by atoms with Gasteiger partial charge in [0.25, 0.3) is 5.91 Å². The number of aliphatic carboxylic acids is 1. The molecular formula is C11H10ClNO6. The van der Waals surface area contributed by atoms with E-state index in [1.54, 1.807) is 0 Å². The van der Waals surface area contributed by atoms with Crippen molar-refractivity contribution in [3.05, 3.63) is 22.7 Å². The quantitative estimate of drug-likeness (QED) is 0.798. The second-order valence-electron chi connectivity index (χ2n) is 3.60. The van der Waals surface area contributed by atoms with Crippen molar-refractivity contribution in [2.45, 2.75) is 0 Å². The lowest BCUT2D eigenvalue weighted by Gasteiger charge is -2.20. The fourth-order valence-electron chi connectivity index (χ4n) is 1.46.